The lowest BCUT2D eigenvalue weighted by Gasteiger charge is -2.25. The normalized spacial score (nSPS) is 12.3. The van der Waals surface area contributed by atoms with E-state index in [1.54, 1.807) is 20.8 Å². The molecule has 106 valence electrons. The summed E-state index contributed by atoms with van der Waals surface area (Å²) in [6.07, 6.45) is 0.970. The molecule has 8 heteroatoms. The molecule has 3 N–H and O–H groups in total. The van der Waals surface area contributed by atoms with Gasteiger partial charge in [-0.25, -0.2) is 4.98 Å². The van der Waals surface area contributed by atoms with Crippen LogP contribution in [0, 0.1) is 26.9 Å². The van der Waals surface area contributed by atoms with E-state index < -0.39 is 22.3 Å². The molecule has 8 nitrogen and oxygen atoms in total. The molecule has 0 bridgehead atoms. The van der Waals surface area contributed by atoms with Crippen LogP contribution in [0.25, 0.3) is 0 Å². The van der Waals surface area contributed by atoms with Gasteiger partial charge in [0.25, 0.3) is 11.6 Å². The van der Waals surface area contributed by atoms with Gasteiger partial charge < -0.3 is 11.1 Å². The van der Waals surface area contributed by atoms with Crippen molar-refractivity contribution in [1.29, 1.82) is 5.26 Å². The number of hydrogen-bond acceptors (Lipinski definition) is 6. The lowest BCUT2D eigenvalue weighted by molar-refractivity contribution is -0.385. The first-order chi connectivity index (χ1) is 9.16. The van der Waals surface area contributed by atoms with E-state index in [9.17, 15) is 14.9 Å². The van der Waals surface area contributed by atoms with E-state index >= 15 is 0 Å². The van der Waals surface area contributed by atoms with Crippen molar-refractivity contribution in [2.45, 2.75) is 26.8 Å². The number of nitriles is 1. The van der Waals surface area contributed by atoms with Crippen molar-refractivity contribution in [3.8, 4) is 6.07 Å². The van der Waals surface area contributed by atoms with Crippen LogP contribution in [-0.4, -0.2) is 21.9 Å². The number of nitro groups is 1. The minimum absolute atomic E-state index is 0.122. The van der Waals surface area contributed by atoms with Crippen LogP contribution in [0.15, 0.2) is 12.3 Å². The number of nitrogens with one attached hydrogen (secondary N) is 1. The van der Waals surface area contributed by atoms with Gasteiger partial charge in [-0.3, -0.25) is 14.9 Å². The average molecular weight is 277 g/mol. The number of amides is 1. The number of pyridine rings is 1. The van der Waals surface area contributed by atoms with Gasteiger partial charge in [0.05, 0.1) is 16.6 Å². The van der Waals surface area contributed by atoms with Crippen LogP contribution in [-0.2, 0) is 0 Å². The Kier molecular flexibility index (Phi) is 4.24. The van der Waals surface area contributed by atoms with Gasteiger partial charge in [-0.1, -0.05) is 20.8 Å². The summed E-state index contributed by atoms with van der Waals surface area (Å²) >= 11 is 0. The molecule has 0 unspecified atom stereocenters. The topological polar surface area (TPSA) is 135 Å². The Balaban J connectivity index is 3.07. The van der Waals surface area contributed by atoms with Crippen LogP contribution in [0.1, 0.15) is 31.1 Å². The minimum Gasteiger partial charge on any atom is -0.383 e. The van der Waals surface area contributed by atoms with E-state index in [-0.39, 0.29) is 17.1 Å². The third-order valence-corrected chi connectivity index (χ3v) is 2.63. The molecule has 0 aliphatic carbocycles. The second kappa shape index (κ2) is 5.52. The van der Waals surface area contributed by atoms with E-state index in [0.29, 0.717) is 0 Å². The molecule has 1 atom stereocenters. The molecule has 0 radical (unpaired) electrons. The summed E-state index contributed by atoms with van der Waals surface area (Å²) in [6.45, 7) is 5.36. The van der Waals surface area contributed by atoms with Gasteiger partial charge >= 0.3 is 0 Å². The summed E-state index contributed by atoms with van der Waals surface area (Å²) < 4.78 is 0. The highest BCUT2D eigenvalue weighted by atomic mass is 16.6. The number of aromatic nitrogens is 1. The third kappa shape index (κ3) is 3.41. The van der Waals surface area contributed by atoms with E-state index in [0.717, 1.165) is 12.3 Å². The monoisotopic (exact) mass is 277 g/mol. The molecule has 0 saturated carbocycles. The van der Waals surface area contributed by atoms with Gasteiger partial charge in [0, 0.05) is 6.07 Å². The second-order valence-corrected chi connectivity index (χ2v) is 5.29. The Morgan fingerprint density at radius 2 is 2.20 bits per heavy atom. The average Bonchev–Trinajstić information content (AvgIpc) is 2.34. The van der Waals surface area contributed by atoms with Gasteiger partial charge in [-0.05, 0) is 5.41 Å². The lowest BCUT2D eigenvalue weighted by Crippen LogP contribution is -2.42. The number of nitrogen functional groups attached to an aromatic ring is 1. The lowest BCUT2D eigenvalue weighted by atomic mass is 9.87. The van der Waals surface area contributed by atoms with Gasteiger partial charge in [-0.15, -0.1) is 0 Å². The van der Waals surface area contributed by atoms with Gasteiger partial charge in [0.1, 0.15) is 18.1 Å². The first kappa shape index (κ1) is 15.4. The highest BCUT2D eigenvalue weighted by Crippen LogP contribution is 2.21. The van der Waals surface area contributed by atoms with Crippen LogP contribution in [0.3, 0.4) is 0 Å². The predicted molar refractivity (Wildman–Crippen MR) is 71.6 cm³/mol. The van der Waals surface area contributed by atoms with Crippen molar-refractivity contribution in [1.82, 2.24) is 10.3 Å². The van der Waals surface area contributed by atoms with E-state index in [4.69, 9.17) is 11.0 Å². The third-order valence-electron chi connectivity index (χ3n) is 2.63. The molecular weight excluding hydrogens is 262 g/mol. The molecule has 0 aromatic carbocycles. The zero-order chi connectivity index (χ0) is 15.5. The summed E-state index contributed by atoms with van der Waals surface area (Å²) in [4.78, 5) is 25.7. The number of hydrogen-bond donors (Lipinski definition) is 2. The van der Waals surface area contributed by atoms with Gasteiger partial charge in [0.2, 0.25) is 0 Å². The van der Waals surface area contributed by atoms with Crippen LogP contribution >= 0.6 is 0 Å². The van der Waals surface area contributed by atoms with Crippen molar-refractivity contribution in [3.05, 3.63) is 27.9 Å². The Morgan fingerprint density at radius 3 is 2.65 bits per heavy atom. The fourth-order valence-corrected chi connectivity index (χ4v) is 1.40. The Bertz CT molecular complexity index is 586. The Morgan fingerprint density at radius 1 is 1.60 bits per heavy atom. The molecule has 1 rings (SSSR count). The largest absolute Gasteiger partial charge is 0.383 e. The zero-order valence-corrected chi connectivity index (χ0v) is 11.4. The smallest absolute Gasteiger partial charge is 0.288 e. The predicted octanol–water partition coefficient (Wildman–Crippen LogP) is 1.24. The standard InChI is InChI=1S/C12H15N5O3/c1-12(2,3)9(5-13)16-11(18)8-4-7(17(19)20)6-15-10(8)14/h4,6,9H,1-3H3,(H2,14,15)(H,16,18)/t9-/m1/s1. The van der Waals surface area contributed by atoms with E-state index in [1.807, 2.05) is 6.07 Å². The molecule has 0 saturated heterocycles. The number of nitrogens with zero attached hydrogens (tertiary/aromatic N) is 3. The maximum Gasteiger partial charge on any atom is 0.288 e. The molecule has 0 spiro atoms. The summed E-state index contributed by atoms with van der Waals surface area (Å²) in [5.74, 6) is -0.793. The maximum atomic E-state index is 12.1. The van der Waals surface area contributed by atoms with Crippen LogP contribution in [0.5, 0.6) is 0 Å². The first-order valence-corrected chi connectivity index (χ1v) is 5.77. The molecule has 1 amide bonds. The fraction of sp³-hybridized carbons (Fsp3) is 0.417. The highest BCUT2D eigenvalue weighted by molar-refractivity contribution is 5.99. The number of carbonyl (C=O) groups is 1. The van der Waals surface area contributed by atoms with Crippen LogP contribution in [0.4, 0.5) is 11.5 Å². The maximum absolute atomic E-state index is 12.1. The fourth-order valence-electron chi connectivity index (χ4n) is 1.40. The molecule has 1 aromatic rings. The van der Waals surface area contributed by atoms with Crippen molar-refractivity contribution in [2.24, 2.45) is 5.41 Å². The number of carbonyl (C=O) groups excluding carboxylic acids is 1. The van der Waals surface area contributed by atoms with Crippen molar-refractivity contribution in [2.75, 3.05) is 5.73 Å². The first-order valence-electron chi connectivity index (χ1n) is 5.77. The number of rotatable bonds is 3. The molecule has 0 fully saturated rings. The SMILES string of the molecule is CC(C)(C)[C@@H](C#N)NC(=O)c1cc([N+](=O)[O-])cnc1N. The zero-order valence-electron chi connectivity index (χ0n) is 11.4. The van der Waals surface area contributed by atoms with Crippen molar-refractivity contribution >= 4 is 17.4 Å². The summed E-state index contributed by atoms with van der Waals surface area (Å²) in [7, 11) is 0. The molecule has 0 aliphatic heterocycles. The van der Waals surface area contributed by atoms with E-state index in [2.05, 4.69) is 10.3 Å². The summed E-state index contributed by atoms with van der Waals surface area (Å²) in [6, 6.07) is 2.25. The second-order valence-electron chi connectivity index (χ2n) is 5.29. The quantitative estimate of drug-likeness (QED) is 0.630. The number of anilines is 1. The van der Waals surface area contributed by atoms with E-state index in [1.165, 1.54) is 0 Å². The van der Waals surface area contributed by atoms with Crippen LogP contribution in [0.2, 0.25) is 0 Å². The Labute approximate surface area is 115 Å². The summed E-state index contributed by atoms with van der Waals surface area (Å²) in [5.41, 5.74) is 4.60. The highest BCUT2D eigenvalue weighted by Gasteiger charge is 2.27. The van der Waals surface area contributed by atoms with Crippen LogP contribution < -0.4 is 11.1 Å². The van der Waals surface area contributed by atoms with Gasteiger partial charge in [0.15, 0.2) is 0 Å². The van der Waals surface area contributed by atoms with Crippen molar-refractivity contribution in [3.63, 3.8) is 0 Å². The summed E-state index contributed by atoms with van der Waals surface area (Å²) in [5, 5.41) is 22.2. The number of nitrogens with two attached hydrogens (primary N) is 1. The Hall–Kier alpha value is -2.69. The molecule has 1 aromatic heterocycles. The molecule has 20 heavy (non-hydrogen) atoms. The molecular formula is C12H15N5O3. The molecule has 1 heterocycles. The molecule has 0 aliphatic rings. The van der Waals surface area contributed by atoms with Crippen molar-refractivity contribution < 1.29 is 9.72 Å². The minimum atomic E-state index is -0.756. The van der Waals surface area contributed by atoms with Gasteiger partial charge in [-0.2, -0.15) is 5.26 Å².